The first-order valence-electron chi connectivity index (χ1n) is 6.65. The second-order valence-electron chi connectivity index (χ2n) is 4.47. The van der Waals surface area contributed by atoms with Gasteiger partial charge in [0.2, 0.25) is 5.91 Å². The van der Waals surface area contributed by atoms with Gasteiger partial charge in [-0.25, -0.2) is 0 Å². The van der Waals surface area contributed by atoms with Gasteiger partial charge in [0.25, 0.3) is 0 Å². The zero-order valence-electron chi connectivity index (χ0n) is 11.0. The Morgan fingerprint density at radius 1 is 1.26 bits per heavy atom. The Morgan fingerprint density at radius 2 is 2.05 bits per heavy atom. The van der Waals surface area contributed by atoms with Crippen LogP contribution in [0.2, 0.25) is 0 Å². The lowest BCUT2D eigenvalue weighted by Crippen LogP contribution is -2.26. The average molecular weight is 264 g/mol. The SMILES string of the molecule is NCCCNC(=O)CCc1ccc2c(c1)OCCO2. The molecule has 1 aromatic rings. The van der Waals surface area contributed by atoms with Crippen LogP contribution in [0.25, 0.3) is 0 Å². The van der Waals surface area contributed by atoms with Crippen LogP contribution in [0.3, 0.4) is 0 Å². The summed E-state index contributed by atoms with van der Waals surface area (Å²) in [4.78, 5) is 11.6. The van der Waals surface area contributed by atoms with Gasteiger partial charge in [-0.1, -0.05) is 6.07 Å². The Kier molecular flexibility index (Phi) is 5.03. The Morgan fingerprint density at radius 3 is 2.84 bits per heavy atom. The quantitative estimate of drug-likeness (QED) is 0.747. The number of aryl methyl sites for hydroxylation is 1. The van der Waals surface area contributed by atoms with Gasteiger partial charge in [-0.05, 0) is 37.1 Å². The number of amides is 1. The molecule has 0 aliphatic carbocycles. The van der Waals surface area contributed by atoms with Crippen molar-refractivity contribution in [3.63, 3.8) is 0 Å². The molecule has 0 unspecified atom stereocenters. The average Bonchev–Trinajstić information content (AvgIpc) is 2.45. The lowest BCUT2D eigenvalue weighted by molar-refractivity contribution is -0.121. The monoisotopic (exact) mass is 264 g/mol. The smallest absolute Gasteiger partial charge is 0.220 e. The van der Waals surface area contributed by atoms with Crippen molar-refractivity contribution in [1.82, 2.24) is 5.32 Å². The summed E-state index contributed by atoms with van der Waals surface area (Å²) in [5, 5.41) is 2.84. The molecule has 5 heteroatoms. The van der Waals surface area contributed by atoms with Gasteiger partial charge < -0.3 is 20.5 Å². The van der Waals surface area contributed by atoms with E-state index in [2.05, 4.69) is 5.32 Å². The molecule has 3 N–H and O–H groups in total. The second kappa shape index (κ2) is 6.99. The second-order valence-corrected chi connectivity index (χ2v) is 4.47. The lowest BCUT2D eigenvalue weighted by Gasteiger charge is -2.18. The Balaban J connectivity index is 1.81. The number of rotatable bonds is 6. The third-order valence-electron chi connectivity index (χ3n) is 2.95. The number of carbonyl (C=O) groups is 1. The molecule has 0 spiro atoms. The number of nitrogens with one attached hydrogen (secondary N) is 1. The summed E-state index contributed by atoms with van der Waals surface area (Å²) in [6.07, 6.45) is 1.99. The molecule has 5 nitrogen and oxygen atoms in total. The van der Waals surface area contributed by atoms with Crippen LogP contribution in [-0.4, -0.2) is 32.2 Å². The van der Waals surface area contributed by atoms with Crippen LogP contribution < -0.4 is 20.5 Å². The van der Waals surface area contributed by atoms with Crippen molar-refractivity contribution in [2.24, 2.45) is 5.73 Å². The zero-order valence-corrected chi connectivity index (χ0v) is 11.0. The molecule has 1 amide bonds. The first-order chi connectivity index (χ1) is 9.29. The van der Waals surface area contributed by atoms with Gasteiger partial charge in [-0.15, -0.1) is 0 Å². The van der Waals surface area contributed by atoms with Crippen molar-refractivity contribution in [2.45, 2.75) is 19.3 Å². The van der Waals surface area contributed by atoms with E-state index in [1.165, 1.54) is 0 Å². The molecular weight excluding hydrogens is 244 g/mol. The van der Waals surface area contributed by atoms with E-state index in [1.54, 1.807) is 0 Å². The molecule has 19 heavy (non-hydrogen) atoms. The molecule has 0 atom stereocenters. The van der Waals surface area contributed by atoms with Crippen molar-refractivity contribution in [2.75, 3.05) is 26.3 Å². The first kappa shape index (κ1) is 13.7. The first-order valence-corrected chi connectivity index (χ1v) is 6.65. The minimum atomic E-state index is 0.0586. The summed E-state index contributed by atoms with van der Waals surface area (Å²) in [7, 11) is 0. The van der Waals surface area contributed by atoms with Crippen molar-refractivity contribution in [1.29, 1.82) is 0 Å². The van der Waals surface area contributed by atoms with E-state index in [9.17, 15) is 4.79 Å². The maximum Gasteiger partial charge on any atom is 0.220 e. The van der Waals surface area contributed by atoms with E-state index in [4.69, 9.17) is 15.2 Å². The predicted octanol–water partition coefficient (Wildman–Crippen LogP) is 0.855. The van der Waals surface area contributed by atoms with Crippen LogP contribution in [0.15, 0.2) is 18.2 Å². The lowest BCUT2D eigenvalue weighted by atomic mass is 10.1. The summed E-state index contributed by atoms with van der Waals surface area (Å²) in [5.74, 6) is 1.61. The highest BCUT2D eigenvalue weighted by atomic mass is 16.6. The van der Waals surface area contributed by atoms with E-state index in [0.717, 1.165) is 23.5 Å². The Hall–Kier alpha value is -1.75. The van der Waals surface area contributed by atoms with Gasteiger partial charge in [-0.3, -0.25) is 4.79 Å². The Bertz CT molecular complexity index is 435. The van der Waals surface area contributed by atoms with Crippen molar-refractivity contribution in [3.8, 4) is 11.5 Å². The van der Waals surface area contributed by atoms with E-state index in [-0.39, 0.29) is 5.91 Å². The van der Waals surface area contributed by atoms with E-state index in [1.807, 2.05) is 18.2 Å². The van der Waals surface area contributed by atoms with Crippen LogP contribution in [0.4, 0.5) is 0 Å². The molecule has 0 radical (unpaired) electrons. The largest absolute Gasteiger partial charge is 0.486 e. The van der Waals surface area contributed by atoms with Crippen LogP contribution >= 0.6 is 0 Å². The number of nitrogens with two attached hydrogens (primary N) is 1. The summed E-state index contributed by atoms with van der Waals surface area (Å²) >= 11 is 0. The highest BCUT2D eigenvalue weighted by Crippen LogP contribution is 2.30. The van der Waals surface area contributed by atoms with Crippen molar-refractivity contribution < 1.29 is 14.3 Å². The summed E-state index contributed by atoms with van der Waals surface area (Å²) in [6.45, 7) is 2.42. The minimum absolute atomic E-state index is 0.0586. The highest BCUT2D eigenvalue weighted by molar-refractivity contribution is 5.76. The number of ether oxygens (including phenoxy) is 2. The Labute approximate surface area is 113 Å². The van der Waals surface area contributed by atoms with Crippen LogP contribution in [0.1, 0.15) is 18.4 Å². The molecule has 0 bridgehead atoms. The molecule has 1 aromatic carbocycles. The standard InChI is InChI=1S/C14H20N2O3/c15-6-1-7-16-14(17)5-3-11-2-4-12-13(10-11)19-9-8-18-12/h2,4,10H,1,3,5-9,15H2,(H,16,17). The number of hydrogen-bond acceptors (Lipinski definition) is 4. The fourth-order valence-electron chi connectivity index (χ4n) is 1.92. The third-order valence-corrected chi connectivity index (χ3v) is 2.95. The molecule has 104 valence electrons. The molecule has 1 aliphatic heterocycles. The van der Waals surface area contributed by atoms with Gasteiger partial charge in [0.1, 0.15) is 13.2 Å². The van der Waals surface area contributed by atoms with Gasteiger partial charge >= 0.3 is 0 Å². The number of fused-ring (bicyclic) bond motifs is 1. The summed E-state index contributed by atoms with van der Waals surface area (Å²) in [6, 6.07) is 5.82. The number of hydrogen-bond donors (Lipinski definition) is 2. The molecule has 0 saturated carbocycles. The van der Waals surface area contributed by atoms with Crippen LogP contribution in [0, 0.1) is 0 Å². The molecular formula is C14H20N2O3. The molecule has 2 rings (SSSR count). The number of benzene rings is 1. The zero-order chi connectivity index (χ0) is 13.5. The third kappa shape index (κ3) is 4.13. The van der Waals surface area contributed by atoms with Gasteiger partial charge in [0.15, 0.2) is 11.5 Å². The van der Waals surface area contributed by atoms with Gasteiger partial charge in [-0.2, -0.15) is 0 Å². The summed E-state index contributed by atoms with van der Waals surface area (Å²) < 4.78 is 11.0. The van der Waals surface area contributed by atoms with Crippen LogP contribution in [0.5, 0.6) is 11.5 Å². The van der Waals surface area contributed by atoms with Gasteiger partial charge in [0, 0.05) is 13.0 Å². The van der Waals surface area contributed by atoms with E-state index >= 15 is 0 Å². The minimum Gasteiger partial charge on any atom is -0.486 e. The molecule has 0 aromatic heterocycles. The number of carbonyl (C=O) groups excluding carboxylic acids is 1. The fraction of sp³-hybridized carbons (Fsp3) is 0.500. The molecule has 1 aliphatic rings. The molecule has 0 saturated heterocycles. The van der Waals surface area contributed by atoms with E-state index < -0.39 is 0 Å². The van der Waals surface area contributed by atoms with Gasteiger partial charge in [0.05, 0.1) is 0 Å². The maximum absolute atomic E-state index is 11.6. The molecule has 0 fully saturated rings. The highest BCUT2D eigenvalue weighted by Gasteiger charge is 2.12. The summed E-state index contributed by atoms with van der Waals surface area (Å²) in [5.41, 5.74) is 6.45. The van der Waals surface area contributed by atoms with Crippen molar-refractivity contribution >= 4 is 5.91 Å². The van der Waals surface area contributed by atoms with E-state index in [0.29, 0.717) is 39.1 Å². The van der Waals surface area contributed by atoms with Crippen molar-refractivity contribution in [3.05, 3.63) is 23.8 Å². The maximum atomic E-state index is 11.6. The molecule has 1 heterocycles. The van der Waals surface area contributed by atoms with Crippen LogP contribution in [-0.2, 0) is 11.2 Å². The normalized spacial score (nSPS) is 13.1. The topological polar surface area (TPSA) is 73.6 Å². The fourth-order valence-corrected chi connectivity index (χ4v) is 1.92. The predicted molar refractivity (Wildman–Crippen MR) is 72.4 cm³/mol.